The van der Waals surface area contributed by atoms with Gasteiger partial charge in [-0.05, 0) is 75.8 Å². The topological polar surface area (TPSA) is 306 Å². The average molecular weight is 863 g/mol. The molecule has 0 aliphatic heterocycles. The number of nitrogens with zero attached hydrogens (tertiary/aromatic N) is 3. The number of carboxylic acid groups (broad SMARTS) is 1. The van der Waals surface area contributed by atoms with Crippen molar-refractivity contribution in [3.63, 3.8) is 0 Å². The number of benzene rings is 2. The van der Waals surface area contributed by atoms with E-state index in [0.29, 0.717) is 37.0 Å². The van der Waals surface area contributed by atoms with Gasteiger partial charge >= 0.3 is 18.4 Å². The molecular weight excluding hydrogens is 807 g/mol. The minimum absolute atomic E-state index is 0.0540. The minimum Gasteiger partial charge on any atom is -0.481 e. The first-order chi connectivity index (χ1) is 29.2. The molecule has 2 unspecified atom stereocenters. The number of carbonyl (C=O) groups excluding carboxylic acids is 8. The van der Waals surface area contributed by atoms with E-state index in [1.165, 1.54) is 33.3 Å². The first-order valence-corrected chi connectivity index (χ1v) is 19.8. The molecule has 2 aromatic rings. The number of carbonyl (C=O) groups is 8. The molecule has 5 atom stereocenters. The lowest BCUT2D eigenvalue weighted by Gasteiger charge is -2.45. The van der Waals surface area contributed by atoms with Crippen molar-refractivity contribution in [2.75, 3.05) is 33.3 Å². The number of aliphatic carboxylic acids is 1. The molecule has 0 bridgehead atoms. The van der Waals surface area contributed by atoms with Crippen molar-refractivity contribution in [2.24, 2.45) is 28.9 Å². The SMILES string of the molecule is C=CCN(C(=O)CN)[C@@H](C(=O)OC)C(=O)N(C(=O)CN)[C@@H](CCCCN)C(=O)N(C(=O)C(C)(O[C]=O)C(C(=O)[C@@H](N)CC(=O)O)C1c2ccccc2-c2ccccc21)C(C)(C)C. The molecule has 0 fully saturated rings. The summed E-state index contributed by atoms with van der Waals surface area (Å²) < 4.78 is 10.4. The van der Waals surface area contributed by atoms with Crippen molar-refractivity contribution in [3.05, 3.63) is 72.3 Å². The lowest BCUT2D eigenvalue weighted by atomic mass is 9.69. The highest BCUT2D eigenvalue weighted by Gasteiger charge is 2.59. The van der Waals surface area contributed by atoms with E-state index in [2.05, 4.69) is 6.58 Å². The maximum atomic E-state index is 15.6. The molecule has 19 nitrogen and oxygen atoms in total. The molecule has 5 amide bonds. The number of Topliss-reactive ketones (excluding diaryl/α,β-unsaturated/α-hetero) is 1. The van der Waals surface area contributed by atoms with Crippen molar-refractivity contribution in [3.8, 4) is 11.1 Å². The number of nitrogens with two attached hydrogens (primary N) is 4. The number of ketones is 1. The number of amides is 5. The zero-order valence-corrected chi connectivity index (χ0v) is 35.5. The smallest absolute Gasteiger partial charge is 0.418 e. The molecule has 335 valence electrons. The number of imide groups is 2. The summed E-state index contributed by atoms with van der Waals surface area (Å²) in [5.41, 5.74) is 21.4. The number of hydrogen-bond donors (Lipinski definition) is 5. The van der Waals surface area contributed by atoms with Crippen LogP contribution in [0.5, 0.6) is 0 Å². The van der Waals surface area contributed by atoms with Crippen LogP contribution < -0.4 is 22.9 Å². The Morgan fingerprint density at radius 1 is 0.871 bits per heavy atom. The Kier molecular flexibility index (Phi) is 17.5. The summed E-state index contributed by atoms with van der Waals surface area (Å²) in [5, 5.41) is 9.70. The number of methoxy groups -OCH3 is 1. The van der Waals surface area contributed by atoms with E-state index in [-0.39, 0.29) is 25.8 Å². The standard InChI is InChI=1S/C43H56N7O12/c1-7-20-48(31(52)22-45)36(40(59)61-6)39(58)49(32(53)23-46)30(18-12-13-19-44)38(57)50(42(2,3)4)41(60)43(5,62-24-51)35(37(56)29(47)21-33(54)55)34-27-16-10-8-14-25(27)26-15-9-11-17-28(26)34/h7-11,14-17,29-30,34-36H,1,12-13,18-23,44-47H2,2-6H3,(H,54,55)/t29-,30-,35?,36+,43?/m0/s1. The third-order valence-corrected chi connectivity index (χ3v) is 10.6. The maximum absolute atomic E-state index is 15.6. The summed E-state index contributed by atoms with van der Waals surface area (Å²) in [7, 11) is 0.923. The van der Waals surface area contributed by atoms with Gasteiger partial charge in [0.25, 0.3) is 17.7 Å². The van der Waals surface area contributed by atoms with Crippen molar-refractivity contribution >= 4 is 53.7 Å². The first kappa shape index (κ1) is 50.2. The van der Waals surface area contributed by atoms with Crippen LogP contribution in [0.3, 0.4) is 0 Å². The number of ether oxygens (including phenoxy) is 2. The number of fused-ring (bicyclic) bond motifs is 3. The maximum Gasteiger partial charge on any atom is 0.418 e. The van der Waals surface area contributed by atoms with E-state index in [0.717, 1.165) is 14.0 Å². The van der Waals surface area contributed by atoms with Gasteiger partial charge in [-0.1, -0.05) is 54.6 Å². The summed E-state index contributed by atoms with van der Waals surface area (Å²) in [6.07, 6.45) is 0.210. The van der Waals surface area contributed by atoms with Gasteiger partial charge in [0.2, 0.25) is 17.9 Å². The fraction of sp³-hybridized carbons (Fsp3) is 0.465. The summed E-state index contributed by atoms with van der Waals surface area (Å²) in [4.78, 5) is 127. The molecule has 0 saturated heterocycles. The Balaban J connectivity index is 2.42. The van der Waals surface area contributed by atoms with Gasteiger partial charge in [-0.25, -0.2) is 9.59 Å². The highest BCUT2D eigenvalue weighted by atomic mass is 16.5. The normalized spacial score (nSPS) is 14.9. The number of unbranched alkanes of at least 4 members (excludes halogenated alkanes) is 1. The second-order valence-corrected chi connectivity index (χ2v) is 15.7. The van der Waals surface area contributed by atoms with E-state index in [9.17, 15) is 38.7 Å². The molecule has 1 radical (unpaired) electrons. The average Bonchev–Trinajstić information content (AvgIpc) is 3.55. The van der Waals surface area contributed by atoms with Crippen LogP contribution in [0.1, 0.15) is 70.4 Å². The van der Waals surface area contributed by atoms with Gasteiger partial charge in [0, 0.05) is 18.0 Å². The van der Waals surface area contributed by atoms with Crippen molar-refractivity contribution in [1.29, 1.82) is 0 Å². The van der Waals surface area contributed by atoms with Crippen LogP contribution in [0.4, 0.5) is 0 Å². The fourth-order valence-electron chi connectivity index (χ4n) is 7.87. The third-order valence-electron chi connectivity index (χ3n) is 10.6. The van der Waals surface area contributed by atoms with Crippen molar-refractivity contribution in [1.82, 2.24) is 14.7 Å². The summed E-state index contributed by atoms with van der Waals surface area (Å²) in [6.45, 7) is 8.19. The predicted molar refractivity (Wildman–Crippen MR) is 224 cm³/mol. The van der Waals surface area contributed by atoms with Gasteiger partial charge in [-0.3, -0.25) is 43.4 Å². The Morgan fingerprint density at radius 2 is 1.42 bits per heavy atom. The van der Waals surface area contributed by atoms with Crippen LogP contribution in [-0.4, -0.2) is 136 Å². The zero-order chi connectivity index (χ0) is 46.7. The van der Waals surface area contributed by atoms with Gasteiger partial charge in [0.15, 0.2) is 11.4 Å². The number of carboxylic acids is 1. The van der Waals surface area contributed by atoms with Crippen LogP contribution in [0.2, 0.25) is 0 Å². The Morgan fingerprint density at radius 3 is 1.87 bits per heavy atom. The van der Waals surface area contributed by atoms with Crippen molar-refractivity contribution < 1.29 is 57.7 Å². The van der Waals surface area contributed by atoms with Gasteiger partial charge in [0.1, 0.15) is 6.04 Å². The highest BCUT2D eigenvalue weighted by molar-refractivity contribution is 6.14. The van der Waals surface area contributed by atoms with Crippen LogP contribution in [0, 0.1) is 5.92 Å². The second-order valence-electron chi connectivity index (χ2n) is 15.7. The fourth-order valence-corrected chi connectivity index (χ4v) is 7.87. The lowest BCUT2D eigenvalue weighted by molar-refractivity contribution is -0.175. The molecule has 0 saturated carbocycles. The largest absolute Gasteiger partial charge is 0.481 e. The lowest BCUT2D eigenvalue weighted by Crippen LogP contribution is -2.68. The van der Waals surface area contributed by atoms with E-state index >= 15 is 9.59 Å². The molecule has 1 aliphatic rings. The van der Waals surface area contributed by atoms with Crippen LogP contribution in [0.25, 0.3) is 11.1 Å². The summed E-state index contributed by atoms with van der Waals surface area (Å²) >= 11 is 0. The molecule has 0 heterocycles. The molecule has 19 heteroatoms. The molecule has 9 N–H and O–H groups in total. The summed E-state index contributed by atoms with van der Waals surface area (Å²) in [6, 6.07) is 7.85. The zero-order valence-electron chi connectivity index (χ0n) is 35.5. The molecule has 0 spiro atoms. The molecule has 1 aliphatic carbocycles. The Bertz CT molecular complexity index is 2010. The van der Waals surface area contributed by atoms with E-state index in [1.54, 1.807) is 48.5 Å². The highest BCUT2D eigenvalue weighted by Crippen LogP contribution is 2.52. The van der Waals surface area contributed by atoms with Crippen LogP contribution >= 0.6 is 0 Å². The van der Waals surface area contributed by atoms with E-state index in [4.69, 9.17) is 32.4 Å². The number of hydrogen-bond acceptors (Lipinski definition) is 15. The predicted octanol–water partition coefficient (Wildman–Crippen LogP) is 0.109. The number of esters is 1. The Hall–Kier alpha value is -6.15. The molecule has 0 aromatic heterocycles. The first-order valence-electron chi connectivity index (χ1n) is 19.8. The van der Waals surface area contributed by atoms with Gasteiger partial charge in [0.05, 0.1) is 38.6 Å². The van der Waals surface area contributed by atoms with Gasteiger partial charge in [-0.2, -0.15) is 0 Å². The van der Waals surface area contributed by atoms with Gasteiger partial charge < -0.3 is 42.4 Å². The van der Waals surface area contributed by atoms with Crippen molar-refractivity contribution in [2.45, 2.75) is 88.6 Å². The molecule has 62 heavy (non-hydrogen) atoms. The van der Waals surface area contributed by atoms with E-state index < -0.39 is 114 Å². The molecule has 3 rings (SSSR count). The van der Waals surface area contributed by atoms with Crippen LogP contribution in [0.15, 0.2) is 61.2 Å². The molecular formula is C43H56N7O12. The monoisotopic (exact) mass is 862 g/mol. The number of rotatable bonds is 22. The second kappa shape index (κ2) is 21.6. The molecule has 2 aromatic carbocycles. The van der Waals surface area contributed by atoms with Crippen LogP contribution in [-0.2, 0) is 52.6 Å². The minimum atomic E-state index is -2.72. The van der Waals surface area contributed by atoms with E-state index in [1.807, 2.05) is 0 Å². The third kappa shape index (κ3) is 10.5. The summed E-state index contributed by atoms with van der Waals surface area (Å²) in [5.74, 6) is -12.9. The quantitative estimate of drug-likeness (QED) is 0.0454. The van der Waals surface area contributed by atoms with Gasteiger partial charge in [-0.15, -0.1) is 6.58 Å². The Labute approximate surface area is 359 Å².